The highest BCUT2D eigenvalue weighted by molar-refractivity contribution is 8.00. The third-order valence-corrected chi connectivity index (χ3v) is 4.46. The molecule has 0 spiro atoms. The van der Waals surface area contributed by atoms with Crippen LogP contribution in [-0.4, -0.2) is 43.2 Å². The van der Waals surface area contributed by atoms with Gasteiger partial charge in [0.2, 0.25) is 5.91 Å². The molecule has 0 aliphatic carbocycles. The average molecular weight is 342 g/mol. The minimum absolute atomic E-state index is 0.0226. The Hall–Kier alpha value is -2.48. The summed E-state index contributed by atoms with van der Waals surface area (Å²) in [6, 6.07) is 10.1. The third kappa shape index (κ3) is 3.88. The van der Waals surface area contributed by atoms with Crippen LogP contribution < -0.4 is 5.32 Å². The van der Waals surface area contributed by atoms with Gasteiger partial charge in [-0.3, -0.25) is 4.79 Å². The Morgan fingerprint density at radius 2 is 2.08 bits per heavy atom. The maximum Gasteiger partial charge on any atom is 0.230 e. The largest absolute Gasteiger partial charge is 0.355 e. The molecule has 0 saturated carbocycles. The Morgan fingerprint density at radius 3 is 2.88 bits per heavy atom. The van der Waals surface area contributed by atoms with Crippen LogP contribution >= 0.6 is 11.8 Å². The summed E-state index contributed by atoms with van der Waals surface area (Å²) in [5.41, 5.74) is 2.54. The lowest BCUT2D eigenvalue weighted by Crippen LogP contribution is -2.27. The molecule has 0 atom stereocenters. The number of aryl methyl sites for hydroxylation is 1. The molecular weight excluding hydrogens is 324 g/mol. The lowest BCUT2D eigenvalue weighted by molar-refractivity contribution is -0.118. The first kappa shape index (κ1) is 16.4. The number of aromatic nitrogens is 5. The predicted octanol–water partition coefficient (Wildman–Crippen LogP) is 1.69. The van der Waals surface area contributed by atoms with Gasteiger partial charge in [0.05, 0.1) is 5.75 Å². The van der Waals surface area contributed by atoms with Crippen molar-refractivity contribution in [1.29, 1.82) is 0 Å². The third-order valence-electron chi connectivity index (χ3n) is 3.48. The number of fused-ring (bicyclic) bond motifs is 1. The van der Waals surface area contributed by atoms with Gasteiger partial charge >= 0.3 is 0 Å². The van der Waals surface area contributed by atoms with Gasteiger partial charge in [0, 0.05) is 13.1 Å². The topological polar surface area (TPSA) is 85.6 Å². The van der Waals surface area contributed by atoms with E-state index in [1.54, 1.807) is 4.68 Å². The van der Waals surface area contributed by atoms with Crippen molar-refractivity contribution in [2.75, 3.05) is 12.3 Å². The fourth-order valence-corrected chi connectivity index (χ4v) is 3.03. The standard InChI is InChI=1S/C16H18N6OS/c1-2-22-15-14(20-21-22)16(19-11-18-15)24-10-13(23)17-9-8-12-6-4-3-5-7-12/h3-7,11H,2,8-10H2,1H3,(H,17,23). The summed E-state index contributed by atoms with van der Waals surface area (Å²) in [5.74, 6) is 0.269. The van der Waals surface area contributed by atoms with Gasteiger partial charge in [-0.2, -0.15) is 0 Å². The van der Waals surface area contributed by atoms with Gasteiger partial charge in [-0.05, 0) is 18.9 Å². The van der Waals surface area contributed by atoms with Gasteiger partial charge in [-0.25, -0.2) is 14.6 Å². The zero-order valence-electron chi connectivity index (χ0n) is 13.3. The molecule has 1 N–H and O–H groups in total. The van der Waals surface area contributed by atoms with Crippen molar-refractivity contribution in [3.05, 3.63) is 42.2 Å². The van der Waals surface area contributed by atoms with E-state index in [-0.39, 0.29) is 5.91 Å². The minimum atomic E-state index is -0.0226. The van der Waals surface area contributed by atoms with Crippen LogP contribution in [0.15, 0.2) is 41.7 Å². The van der Waals surface area contributed by atoms with Gasteiger partial charge < -0.3 is 5.32 Å². The van der Waals surface area contributed by atoms with E-state index in [4.69, 9.17) is 0 Å². The molecule has 0 saturated heterocycles. The molecule has 0 fully saturated rings. The maximum absolute atomic E-state index is 12.0. The van der Waals surface area contributed by atoms with Gasteiger partial charge in [0.15, 0.2) is 11.2 Å². The van der Waals surface area contributed by atoms with Crippen molar-refractivity contribution in [2.24, 2.45) is 0 Å². The molecule has 0 unspecified atom stereocenters. The smallest absolute Gasteiger partial charge is 0.230 e. The lowest BCUT2D eigenvalue weighted by atomic mass is 10.1. The van der Waals surface area contributed by atoms with E-state index in [1.165, 1.54) is 23.7 Å². The summed E-state index contributed by atoms with van der Waals surface area (Å²) < 4.78 is 1.71. The van der Waals surface area contributed by atoms with Crippen LogP contribution in [-0.2, 0) is 17.8 Å². The number of carbonyl (C=O) groups excluding carboxylic acids is 1. The number of amides is 1. The van der Waals surface area contributed by atoms with Crippen molar-refractivity contribution >= 4 is 28.8 Å². The zero-order chi connectivity index (χ0) is 16.8. The van der Waals surface area contributed by atoms with Crippen LogP contribution in [0.2, 0.25) is 0 Å². The summed E-state index contributed by atoms with van der Waals surface area (Å²) in [5, 5.41) is 11.7. The molecular formula is C16H18N6OS. The fraction of sp³-hybridized carbons (Fsp3) is 0.312. The van der Waals surface area contributed by atoms with Crippen molar-refractivity contribution < 1.29 is 4.79 Å². The number of thioether (sulfide) groups is 1. The number of nitrogens with zero attached hydrogens (tertiary/aromatic N) is 5. The van der Waals surface area contributed by atoms with Crippen LogP contribution in [0.4, 0.5) is 0 Å². The highest BCUT2D eigenvalue weighted by atomic mass is 32.2. The van der Waals surface area contributed by atoms with Gasteiger partial charge in [0.1, 0.15) is 11.4 Å². The normalized spacial score (nSPS) is 10.9. The first-order valence-electron chi connectivity index (χ1n) is 7.75. The Labute approximate surface area is 143 Å². The van der Waals surface area contributed by atoms with Crippen LogP contribution in [0.5, 0.6) is 0 Å². The van der Waals surface area contributed by atoms with E-state index in [0.717, 1.165) is 6.42 Å². The molecule has 1 amide bonds. The molecule has 7 nitrogen and oxygen atoms in total. The van der Waals surface area contributed by atoms with E-state index in [0.29, 0.717) is 35.0 Å². The number of nitrogens with one attached hydrogen (secondary N) is 1. The average Bonchev–Trinajstić information content (AvgIpc) is 3.04. The van der Waals surface area contributed by atoms with E-state index in [1.807, 2.05) is 25.1 Å². The van der Waals surface area contributed by atoms with Crippen LogP contribution in [0.25, 0.3) is 11.2 Å². The first-order valence-corrected chi connectivity index (χ1v) is 8.74. The molecule has 124 valence electrons. The molecule has 0 aliphatic heterocycles. The van der Waals surface area contributed by atoms with Crippen LogP contribution in [0, 0.1) is 0 Å². The SMILES string of the molecule is CCn1nnc2c(SCC(=O)NCCc3ccccc3)ncnc21. The van der Waals surface area contributed by atoms with Crippen molar-refractivity contribution in [1.82, 2.24) is 30.3 Å². The van der Waals surface area contributed by atoms with E-state index >= 15 is 0 Å². The highest BCUT2D eigenvalue weighted by Crippen LogP contribution is 2.21. The van der Waals surface area contributed by atoms with E-state index in [9.17, 15) is 4.79 Å². The number of hydrogen-bond acceptors (Lipinski definition) is 6. The molecule has 0 radical (unpaired) electrons. The van der Waals surface area contributed by atoms with E-state index < -0.39 is 0 Å². The highest BCUT2D eigenvalue weighted by Gasteiger charge is 2.12. The summed E-state index contributed by atoms with van der Waals surface area (Å²) in [6.45, 7) is 3.29. The maximum atomic E-state index is 12.0. The molecule has 3 aromatic rings. The molecule has 24 heavy (non-hydrogen) atoms. The lowest BCUT2D eigenvalue weighted by Gasteiger charge is -2.05. The summed E-state index contributed by atoms with van der Waals surface area (Å²) in [4.78, 5) is 20.4. The minimum Gasteiger partial charge on any atom is -0.355 e. The number of rotatable bonds is 7. The summed E-state index contributed by atoms with van der Waals surface area (Å²) in [6.07, 6.45) is 2.30. The molecule has 2 aromatic heterocycles. The monoisotopic (exact) mass is 342 g/mol. The first-order chi connectivity index (χ1) is 11.8. The Balaban J connectivity index is 1.52. The quantitative estimate of drug-likeness (QED) is 0.519. The second kappa shape index (κ2) is 7.87. The molecule has 0 aliphatic rings. The number of carbonyl (C=O) groups is 1. The number of benzene rings is 1. The van der Waals surface area contributed by atoms with Crippen molar-refractivity contribution in [3.63, 3.8) is 0 Å². The molecule has 2 heterocycles. The Bertz CT molecular complexity index is 820. The molecule has 3 rings (SSSR count). The zero-order valence-corrected chi connectivity index (χ0v) is 14.2. The van der Waals surface area contributed by atoms with Crippen molar-refractivity contribution in [3.8, 4) is 0 Å². The van der Waals surface area contributed by atoms with Gasteiger partial charge in [-0.1, -0.05) is 47.3 Å². The fourth-order valence-electron chi connectivity index (χ4n) is 2.27. The van der Waals surface area contributed by atoms with Crippen LogP contribution in [0.3, 0.4) is 0 Å². The molecule has 8 heteroatoms. The Kier molecular flexibility index (Phi) is 5.37. The number of hydrogen-bond donors (Lipinski definition) is 1. The van der Waals surface area contributed by atoms with Crippen LogP contribution in [0.1, 0.15) is 12.5 Å². The van der Waals surface area contributed by atoms with Crippen molar-refractivity contribution in [2.45, 2.75) is 24.9 Å². The summed E-state index contributed by atoms with van der Waals surface area (Å²) in [7, 11) is 0. The summed E-state index contributed by atoms with van der Waals surface area (Å²) >= 11 is 1.35. The van der Waals surface area contributed by atoms with Gasteiger partial charge in [0.25, 0.3) is 0 Å². The Morgan fingerprint density at radius 1 is 1.25 bits per heavy atom. The second-order valence-electron chi connectivity index (χ2n) is 5.13. The van der Waals surface area contributed by atoms with E-state index in [2.05, 4.69) is 37.7 Å². The second-order valence-corrected chi connectivity index (χ2v) is 6.09. The molecule has 1 aromatic carbocycles. The molecule has 0 bridgehead atoms. The van der Waals surface area contributed by atoms with Gasteiger partial charge in [-0.15, -0.1) is 5.10 Å². The predicted molar refractivity (Wildman–Crippen MR) is 92.7 cm³/mol.